The normalized spacial score (nSPS) is 24.0. The maximum Gasteiger partial charge on any atom is 0.0703 e. The molecule has 1 aromatic carbocycles. The fourth-order valence-electron chi connectivity index (χ4n) is 4.27. The van der Waals surface area contributed by atoms with Gasteiger partial charge in [-0.3, -0.25) is 4.98 Å². The van der Waals surface area contributed by atoms with Crippen LogP contribution in [0.4, 0.5) is 5.69 Å². The van der Waals surface area contributed by atoms with E-state index in [2.05, 4.69) is 43.1 Å². The zero-order valence-corrected chi connectivity index (χ0v) is 14.4. The Hall–Kier alpha value is -1.83. The van der Waals surface area contributed by atoms with Crippen LogP contribution in [0.1, 0.15) is 57.9 Å². The van der Waals surface area contributed by atoms with Gasteiger partial charge in [0.25, 0.3) is 0 Å². The molecule has 1 aliphatic carbocycles. The highest BCUT2D eigenvalue weighted by Crippen LogP contribution is 2.48. The number of nitrogen functional groups attached to an aromatic ring is 1. The summed E-state index contributed by atoms with van der Waals surface area (Å²) in [6.45, 7) is 4.65. The van der Waals surface area contributed by atoms with E-state index in [0.29, 0.717) is 11.1 Å². The molecule has 3 rings (SSSR count). The van der Waals surface area contributed by atoms with Gasteiger partial charge in [-0.15, -0.1) is 0 Å². The minimum absolute atomic E-state index is 0.405. The first-order valence-corrected chi connectivity index (χ1v) is 8.99. The molecule has 1 aliphatic rings. The van der Waals surface area contributed by atoms with E-state index >= 15 is 0 Å². The molecule has 0 spiro atoms. The molecule has 1 heterocycles. The van der Waals surface area contributed by atoms with Crippen molar-refractivity contribution in [1.29, 1.82) is 0 Å². The Morgan fingerprint density at radius 3 is 2.48 bits per heavy atom. The van der Waals surface area contributed by atoms with Crippen molar-refractivity contribution in [2.75, 3.05) is 5.73 Å². The minimum atomic E-state index is 0.405. The van der Waals surface area contributed by atoms with Crippen LogP contribution in [0.15, 0.2) is 42.6 Å². The zero-order chi connectivity index (χ0) is 16.3. The lowest BCUT2D eigenvalue weighted by Crippen LogP contribution is -2.22. The lowest BCUT2D eigenvalue weighted by Gasteiger charge is -2.30. The number of hydrogen-bond donors (Lipinski definition) is 1. The van der Waals surface area contributed by atoms with Gasteiger partial charge in [-0.25, -0.2) is 0 Å². The van der Waals surface area contributed by atoms with Gasteiger partial charge in [-0.1, -0.05) is 51.0 Å². The first-order valence-electron chi connectivity index (χ1n) is 8.99. The van der Waals surface area contributed by atoms with Crippen LogP contribution >= 0.6 is 0 Å². The summed E-state index contributed by atoms with van der Waals surface area (Å²) in [5.41, 5.74) is 10.5. The molecule has 2 unspecified atom stereocenters. The summed E-state index contributed by atoms with van der Waals surface area (Å²) in [4.78, 5) is 4.43. The second-order valence-corrected chi connectivity index (χ2v) is 7.10. The zero-order valence-electron chi connectivity index (χ0n) is 14.4. The number of aromatic nitrogens is 1. The number of hydrogen-bond acceptors (Lipinski definition) is 2. The number of rotatable bonds is 5. The van der Waals surface area contributed by atoms with Crippen molar-refractivity contribution < 1.29 is 0 Å². The maximum atomic E-state index is 5.73. The van der Waals surface area contributed by atoms with E-state index in [1.807, 2.05) is 12.1 Å². The second kappa shape index (κ2) is 6.74. The highest BCUT2D eigenvalue weighted by Gasteiger charge is 2.38. The van der Waals surface area contributed by atoms with E-state index in [-0.39, 0.29) is 0 Å². The van der Waals surface area contributed by atoms with Gasteiger partial charge in [0.2, 0.25) is 0 Å². The van der Waals surface area contributed by atoms with Gasteiger partial charge < -0.3 is 5.73 Å². The molecule has 2 aromatic rings. The molecular formula is C21H28N2. The molecule has 0 bridgehead atoms. The van der Waals surface area contributed by atoms with E-state index in [1.54, 1.807) is 6.20 Å². The van der Waals surface area contributed by atoms with Crippen LogP contribution in [0.3, 0.4) is 0 Å². The fraction of sp³-hybridized carbons (Fsp3) is 0.476. The molecule has 1 aromatic heterocycles. The van der Waals surface area contributed by atoms with Gasteiger partial charge in [0.05, 0.1) is 17.6 Å². The van der Waals surface area contributed by atoms with Gasteiger partial charge in [-0.2, -0.15) is 0 Å². The van der Waals surface area contributed by atoms with Crippen molar-refractivity contribution in [3.63, 3.8) is 0 Å². The average Bonchev–Trinajstić information content (AvgIpc) is 3.01. The first-order chi connectivity index (χ1) is 11.2. The molecule has 2 heteroatoms. The highest BCUT2D eigenvalue weighted by atomic mass is 14.7. The summed E-state index contributed by atoms with van der Waals surface area (Å²) in [6.07, 6.45) is 9.71. The Morgan fingerprint density at radius 1 is 1.13 bits per heavy atom. The van der Waals surface area contributed by atoms with E-state index < -0.39 is 0 Å². The first kappa shape index (κ1) is 16.0. The molecule has 23 heavy (non-hydrogen) atoms. The predicted octanol–water partition coefficient (Wildman–Crippen LogP) is 5.58. The van der Waals surface area contributed by atoms with Crippen LogP contribution in [0.25, 0.3) is 11.3 Å². The molecule has 2 atom stereocenters. The van der Waals surface area contributed by atoms with Crippen LogP contribution in [0.2, 0.25) is 0 Å². The smallest absolute Gasteiger partial charge is 0.0703 e. The molecule has 2 N–H and O–H groups in total. The van der Waals surface area contributed by atoms with Crippen molar-refractivity contribution in [1.82, 2.24) is 4.98 Å². The third-order valence-corrected chi connectivity index (χ3v) is 5.60. The molecule has 1 fully saturated rings. The number of nitrogens with two attached hydrogens (primary N) is 1. The van der Waals surface area contributed by atoms with Crippen LogP contribution in [-0.4, -0.2) is 4.98 Å². The van der Waals surface area contributed by atoms with Crippen LogP contribution in [-0.2, 0) is 5.41 Å². The number of nitrogens with zero attached hydrogens (tertiary/aromatic N) is 1. The third-order valence-electron chi connectivity index (χ3n) is 5.60. The van der Waals surface area contributed by atoms with Crippen molar-refractivity contribution in [3.05, 3.63) is 48.2 Å². The van der Waals surface area contributed by atoms with E-state index in [9.17, 15) is 0 Å². The predicted molar refractivity (Wildman–Crippen MR) is 98.3 cm³/mol. The van der Waals surface area contributed by atoms with Crippen molar-refractivity contribution in [2.24, 2.45) is 5.92 Å². The monoisotopic (exact) mass is 308 g/mol. The van der Waals surface area contributed by atoms with Crippen LogP contribution < -0.4 is 5.73 Å². The SMILES string of the molecule is CCCC1(c2ccc(-c3ccc(N)cn3)cc2)CCC(CC)C1. The topological polar surface area (TPSA) is 38.9 Å². The molecular weight excluding hydrogens is 280 g/mol. The van der Waals surface area contributed by atoms with Gasteiger partial charge in [-0.05, 0) is 54.7 Å². The molecule has 0 saturated heterocycles. The fourth-order valence-corrected chi connectivity index (χ4v) is 4.27. The number of pyridine rings is 1. The Balaban J connectivity index is 1.86. The van der Waals surface area contributed by atoms with E-state index in [0.717, 1.165) is 11.6 Å². The van der Waals surface area contributed by atoms with Crippen LogP contribution in [0.5, 0.6) is 0 Å². The molecule has 122 valence electrons. The lowest BCUT2D eigenvalue weighted by atomic mass is 9.74. The van der Waals surface area contributed by atoms with Gasteiger partial charge in [0.15, 0.2) is 0 Å². The summed E-state index contributed by atoms with van der Waals surface area (Å²) in [5.74, 6) is 0.903. The largest absolute Gasteiger partial charge is 0.397 e. The Labute approximate surface area is 140 Å². The minimum Gasteiger partial charge on any atom is -0.397 e. The molecule has 0 aliphatic heterocycles. The Morgan fingerprint density at radius 2 is 1.91 bits per heavy atom. The van der Waals surface area contributed by atoms with Gasteiger partial charge in [0.1, 0.15) is 0 Å². The van der Waals surface area contributed by atoms with E-state index in [4.69, 9.17) is 5.73 Å². The molecule has 2 nitrogen and oxygen atoms in total. The standard InChI is InChI=1S/C21H28N2/c1-3-12-21(13-11-16(4-2)14-21)18-7-5-17(6-8-18)20-10-9-19(22)15-23-20/h5-10,15-16H,3-4,11-14,22H2,1-2H3. The maximum absolute atomic E-state index is 5.73. The van der Waals surface area contributed by atoms with Crippen LogP contribution in [0, 0.1) is 5.92 Å². The molecule has 0 radical (unpaired) electrons. The average molecular weight is 308 g/mol. The highest BCUT2D eigenvalue weighted by molar-refractivity contribution is 5.61. The molecule has 1 saturated carbocycles. The quantitative estimate of drug-likeness (QED) is 0.783. The Kier molecular flexibility index (Phi) is 4.70. The summed E-state index contributed by atoms with van der Waals surface area (Å²) in [7, 11) is 0. The number of benzene rings is 1. The van der Waals surface area contributed by atoms with Crippen molar-refractivity contribution in [3.8, 4) is 11.3 Å². The van der Waals surface area contributed by atoms with Crippen molar-refractivity contribution >= 4 is 5.69 Å². The Bertz CT molecular complexity index is 630. The number of anilines is 1. The summed E-state index contributed by atoms with van der Waals surface area (Å²) < 4.78 is 0. The third kappa shape index (κ3) is 3.26. The van der Waals surface area contributed by atoms with Gasteiger partial charge in [0, 0.05) is 5.56 Å². The summed E-state index contributed by atoms with van der Waals surface area (Å²) in [5, 5.41) is 0. The van der Waals surface area contributed by atoms with Crippen molar-refractivity contribution in [2.45, 2.75) is 57.8 Å². The summed E-state index contributed by atoms with van der Waals surface area (Å²) in [6, 6.07) is 13.0. The van der Waals surface area contributed by atoms with Gasteiger partial charge >= 0.3 is 0 Å². The molecule has 0 amide bonds. The lowest BCUT2D eigenvalue weighted by molar-refractivity contribution is 0.377. The van der Waals surface area contributed by atoms with E-state index in [1.165, 1.54) is 49.7 Å². The summed E-state index contributed by atoms with van der Waals surface area (Å²) >= 11 is 0. The second-order valence-electron chi connectivity index (χ2n) is 7.10.